The highest BCUT2D eigenvalue weighted by Crippen LogP contribution is 2.23. The number of anilines is 1. The molecule has 5 heteroatoms. The molecule has 0 radical (unpaired) electrons. The van der Waals surface area contributed by atoms with Crippen LogP contribution in [-0.2, 0) is 20.7 Å². The minimum Gasteiger partial charge on any atom is -0.453 e. The van der Waals surface area contributed by atoms with Crippen molar-refractivity contribution in [3.8, 4) is 0 Å². The lowest BCUT2D eigenvalue weighted by Gasteiger charge is -2.14. The van der Waals surface area contributed by atoms with Crippen molar-refractivity contribution in [1.82, 2.24) is 4.98 Å². The Bertz CT molecular complexity index is 1190. The number of ether oxygens (including phenoxy) is 1. The normalized spacial score (nSPS) is 12.0. The van der Waals surface area contributed by atoms with Crippen LogP contribution in [0.1, 0.15) is 25.3 Å². The van der Waals surface area contributed by atoms with E-state index in [1.165, 1.54) is 10.9 Å². The van der Waals surface area contributed by atoms with Crippen LogP contribution in [0.4, 0.5) is 5.69 Å². The van der Waals surface area contributed by atoms with Crippen molar-refractivity contribution in [2.24, 2.45) is 0 Å². The highest BCUT2D eigenvalue weighted by atomic mass is 16.5. The van der Waals surface area contributed by atoms with E-state index in [-0.39, 0.29) is 18.3 Å². The van der Waals surface area contributed by atoms with Gasteiger partial charge >= 0.3 is 5.97 Å². The number of esters is 1. The van der Waals surface area contributed by atoms with Gasteiger partial charge < -0.3 is 15.0 Å². The highest BCUT2D eigenvalue weighted by molar-refractivity contribution is 6.03. The SMILES string of the molecule is C[C@@H](OC(=O)CCCc1c[nH]c2ccccc12)C(=O)Nc1cccc2ccccc12. The number of fused-ring (bicyclic) bond motifs is 2. The van der Waals surface area contributed by atoms with E-state index in [1.54, 1.807) is 6.92 Å². The van der Waals surface area contributed by atoms with Crippen LogP contribution in [0.5, 0.6) is 0 Å². The quantitative estimate of drug-likeness (QED) is 0.418. The molecule has 1 atom stereocenters. The molecular weight excluding hydrogens is 376 g/mol. The second-order valence-electron chi connectivity index (χ2n) is 7.36. The van der Waals surface area contributed by atoms with Gasteiger partial charge in [0.2, 0.25) is 0 Å². The Hall–Kier alpha value is -3.60. The fourth-order valence-electron chi connectivity index (χ4n) is 3.64. The molecule has 5 nitrogen and oxygen atoms in total. The smallest absolute Gasteiger partial charge is 0.306 e. The third-order valence-electron chi connectivity index (χ3n) is 5.23. The molecule has 0 aliphatic carbocycles. The van der Waals surface area contributed by atoms with E-state index in [1.807, 2.05) is 66.9 Å². The number of aryl methyl sites for hydroxylation is 1. The van der Waals surface area contributed by atoms with Gasteiger partial charge in [-0.15, -0.1) is 0 Å². The second-order valence-corrected chi connectivity index (χ2v) is 7.36. The predicted molar refractivity (Wildman–Crippen MR) is 119 cm³/mol. The van der Waals surface area contributed by atoms with Crippen molar-refractivity contribution >= 4 is 39.2 Å². The standard InChI is InChI=1S/C25H24N2O3/c1-17(25(29)27-23-14-6-9-18-8-2-3-11-20(18)23)30-24(28)15-7-10-19-16-26-22-13-5-4-12-21(19)22/h2-6,8-9,11-14,16-17,26H,7,10,15H2,1H3,(H,27,29)/t17-/m1/s1. The Morgan fingerprint density at radius 3 is 2.57 bits per heavy atom. The third kappa shape index (κ3) is 4.35. The number of para-hydroxylation sites is 1. The first kappa shape index (κ1) is 19.7. The van der Waals surface area contributed by atoms with Gasteiger partial charge in [-0.25, -0.2) is 0 Å². The van der Waals surface area contributed by atoms with Gasteiger partial charge in [-0.3, -0.25) is 9.59 Å². The number of hydrogen-bond acceptors (Lipinski definition) is 3. The first-order chi connectivity index (χ1) is 14.6. The number of carbonyl (C=O) groups is 2. The number of benzene rings is 3. The molecule has 4 aromatic rings. The Morgan fingerprint density at radius 2 is 1.70 bits per heavy atom. The molecule has 0 aliphatic heterocycles. The van der Waals surface area contributed by atoms with Crippen LogP contribution in [0.25, 0.3) is 21.7 Å². The third-order valence-corrected chi connectivity index (χ3v) is 5.23. The van der Waals surface area contributed by atoms with Gasteiger partial charge in [0, 0.05) is 34.6 Å². The average molecular weight is 400 g/mol. The van der Waals surface area contributed by atoms with Crippen LogP contribution in [0, 0.1) is 0 Å². The molecule has 1 heterocycles. The zero-order valence-electron chi connectivity index (χ0n) is 16.9. The lowest BCUT2D eigenvalue weighted by atomic mass is 10.1. The van der Waals surface area contributed by atoms with Gasteiger partial charge in [-0.2, -0.15) is 0 Å². The maximum Gasteiger partial charge on any atom is 0.306 e. The first-order valence-corrected chi connectivity index (χ1v) is 10.1. The molecule has 30 heavy (non-hydrogen) atoms. The molecule has 0 saturated heterocycles. The van der Waals surface area contributed by atoms with Crippen LogP contribution in [-0.4, -0.2) is 23.0 Å². The summed E-state index contributed by atoms with van der Waals surface area (Å²) in [5.74, 6) is -0.702. The van der Waals surface area contributed by atoms with Crippen LogP contribution in [0.15, 0.2) is 72.9 Å². The number of hydrogen-bond donors (Lipinski definition) is 2. The average Bonchev–Trinajstić information content (AvgIpc) is 3.17. The number of rotatable bonds is 7. The zero-order chi connectivity index (χ0) is 20.9. The van der Waals surface area contributed by atoms with Gasteiger partial charge in [-0.05, 0) is 42.8 Å². The lowest BCUT2D eigenvalue weighted by Crippen LogP contribution is -2.30. The second kappa shape index (κ2) is 8.82. The van der Waals surface area contributed by atoms with Crippen LogP contribution in [0.2, 0.25) is 0 Å². The summed E-state index contributed by atoms with van der Waals surface area (Å²) < 4.78 is 5.34. The largest absolute Gasteiger partial charge is 0.453 e. The van der Waals surface area contributed by atoms with Gasteiger partial charge in [0.05, 0.1) is 0 Å². The zero-order valence-corrected chi connectivity index (χ0v) is 16.9. The van der Waals surface area contributed by atoms with E-state index in [9.17, 15) is 9.59 Å². The first-order valence-electron chi connectivity index (χ1n) is 10.1. The molecule has 152 valence electrons. The number of H-pyrrole nitrogens is 1. The molecule has 3 aromatic carbocycles. The van der Waals surface area contributed by atoms with E-state index in [2.05, 4.69) is 16.4 Å². The minimum absolute atomic E-state index is 0.269. The Labute approximate surface area is 175 Å². The summed E-state index contributed by atoms with van der Waals surface area (Å²) in [6.07, 6.45) is 2.83. The maximum absolute atomic E-state index is 12.5. The number of aromatic nitrogens is 1. The fraction of sp³-hybridized carbons (Fsp3) is 0.200. The van der Waals surface area contributed by atoms with Crippen LogP contribution < -0.4 is 5.32 Å². The number of carbonyl (C=O) groups excluding carboxylic acids is 2. The van der Waals surface area contributed by atoms with Crippen molar-refractivity contribution in [3.63, 3.8) is 0 Å². The lowest BCUT2D eigenvalue weighted by molar-refractivity contribution is -0.153. The summed E-state index contributed by atoms with van der Waals surface area (Å²) in [4.78, 5) is 28.0. The summed E-state index contributed by atoms with van der Waals surface area (Å²) >= 11 is 0. The van der Waals surface area contributed by atoms with E-state index in [0.29, 0.717) is 12.1 Å². The highest BCUT2D eigenvalue weighted by Gasteiger charge is 2.18. The summed E-state index contributed by atoms with van der Waals surface area (Å²) in [6.45, 7) is 1.60. The van der Waals surface area contributed by atoms with Gasteiger partial charge in [-0.1, -0.05) is 54.6 Å². The summed E-state index contributed by atoms with van der Waals surface area (Å²) in [5, 5.41) is 6.03. The van der Waals surface area contributed by atoms with Crippen LogP contribution in [0.3, 0.4) is 0 Å². The van der Waals surface area contributed by atoms with Gasteiger partial charge in [0.25, 0.3) is 5.91 Å². The molecule has 0 spiro atoms. The Morgan fingerprint density at radius 1 is 0.967 bits per heavy atom. The molecule has 1 amide bonds. The molecule has 0 saturated carbocycles. The number of amides is 1. The minimum atomic E-state index is -0.857. The summed E-state index contributed by atoms with van der Waals surface area (Å²) in [6, 6.07) is 21.6. The Balaban J connectivity index is 1.29. The molecule has 0 unspecified atom stereocenters. The van der Waals surface area contributed by atoms with Crippen molar-refractivity contribution in [2.45, 2.75) is 32.3 Å². The molecule has 0 aliphatic rings. The molecule has 1 aromatic heterocycles. The topological polar surface area (TPSA) is 71.2 Å². The predicted octanol–water partition coefficient (Wildman–Crippen LogP) is 5.21. The fourth-order valence-corrected chi connectivity index (χ4v) is 3.64. The molecule has 2 N–H and O–H groups in total. The monoisotopic (exact) mass is 400 g/mol. The maximum atomic E-state index is 12.5. The van der Waals surface area contributed by atoms with Gasteiger partial charge in [0.1, 0.15) is 0 Å². The van der Waals surface area contributed by atoms with E-state index < -0.39 is 6.10 Å². The molecule has 0 fully saturated rings. The number of nitrogens with one attached hydrogen (secondary N) is 2. The van der Waals surface area contributed by atoms with E-state index in [0.717, 1.165) is 22.7 Å². The van der Waals surface area contributed by atoms with Crippen LogP contribution >= 0.6 is 0 Å². The molecular formula is C25H24N2O3. The van der Waals surface area contributed by atoms with Crippen molar-refractivity contribution in [3.05, 3.63) is 78.5 Å². The molecule has 0 bridgehead atoms. The van der Waals surface area contributed by atoms with Gasteiger partial charge in [0.15, 0.2) is 6.10 Å². The van der Waals surface area contributed by atoms with Crippen molar-refractivity contribution < 1.29 is 14.3 Å². The summed E-state index contributed by atoms with van der Waals surface area (Å²) in [5.41, 5.74) is 2.98. The summed E-state index contributed by atoms with van der Waals surface area (Å²) in [7, 11) is 0. The Kier molecular flexibility index (Phi) is 5.80. The number of aromatic amines is 1. The van der Waals surface area contributed by atoms with E-state index in [4.69, 9.17) is 4.74 Å². The molecule has 4 rings (SSSR count). The van der Waals surface area contributed by atoms with Crippen molar-refractivity contribution in [1.29, 1.82) is 0 Å². The van der Waals surface area contributed by atoms with Crippen molar-refractivity contribution in [2.75, 3.05) is 5.32 Å². The van der Waals surface area contributed by atoms with E-state index >= 15 is 0 Å².